The predicted molar refractivity (Wildman–Crippen MR) is 78.7 cm³/mol. The Morgan fingerprint density at radius 3 is 2.58 bits per heavy atom. The van der Waals surface area contributed by atoms with E-state index >= 15 is 0 Å². The van der Waals surface area contributed by atoms with Gasteiger partial charge >= 0.3 is 0 Å². The van der Waals surface area contributed by atoms with Crippen LogP contribution in [-0.2, 0) is 0 Å². The van der Waals surface area contributed by atoms with E-state index in [0.717, 1.165) is 31.7 Å². The highest BCUT2D eigenvalue weighted by atomic mass is 16.1. The largest absolute Gasteiger partial charge is 0.301 e. The number of hydrogen-bond acceptors (Lipinski definition) is 3. The zero-order valence-corrected chi connectivity index (χ0v) is 12.2. The second kappa shape index (κ2) is 6.31. The van der Waals surface area contributed by atoms with Crippen LogP contribution in [0.25, 0.3) is 0 Å². The van der Waals surface area contributed by atoms with Crippen molar-refractivity contribution in [1.82, 2.24) is 9.80 Å². The fraction of sp³-hybridized carbons (Fsp3) is 0.562. The monoisotopic (exact) mass is 260 g/mol. The number of piperazine rings is 1. The summed E-state index contributed by atoms with van der Waals surface area (Å²) in [6.07, 6.45) is 0.624. The number of carbonyl (C=O) groups is 1. The van der Waals surface area contributed by atoms with E-state index in [0.29, 0.717) is 12.5 Å². The number of rotatable bonds is 4. The van der Waals surface area contributed by atoms with Gasteiger partial charge in [0.25, 0.3) is 0 Å². The van der Waals surface area contributed by atoms with Crippen LogP contribution in [0.4, 0.5) is 0 Å². The number of carbonyl (C=O) groups excluding carboxylic acids is 1. The molecule has 0 bridgehead atoms. The molecular formula is C16H24N2O. The van der Waals surface area contributed by atoms with Crippen molar-refractivity contribution < 1.29 is 4.79 Å². The third-order valence-corrected chi connectivity index (χ3v) is 4.07. The first-order valence-corrected chi connectivity index (χ1v) is 7.08. The van der Waals surface area contributed by atoms with Crippen molar-refractivity contribution in [3.63, 3.8) is 0 Å². The van der Waals surface area contributed by atoms with Crippen LogP contribution >= 0.6 is 0 Å². The summed E-state index contributed by atoms with van der Waals surface area (Å²) in [5, 5.41) is 0. The maximum absolute atomic E-state index is 12.1. The topological polar surface area (TPSA) is 23.6 Å². The molecule has 0 radical (unpaired) electrons. The van der Waals surface area contributed by atoms with Crippen molar-refractivity contribution in [2.24, 2.45) is 0 Å². The number of hydrogen-bond donors (Lipinski definition) is 0. The molecule has 0 N–H and O–H groups in total. The lowest BCUT2D eigenvalue weighted by molar-refractivity contribution is 0.0873. The van der Waals surface area contributed by atoms with Crippen LogP contribution in [0.5, 0.6) is 0 Å². The van der Waals surface area contributed by atoms with Crippen LogP contribution in [0.2, 0.25) is 0 Å². The molecule has 3 heteroatoms. The van der Waals surface area contributed by atoms with Crippen LogP contribution in [0.15, 0.2) is 24.3 Å². The quantitative estimate of drug-likeness (QED) is 0.775. The summed E-state index contributed by atoms with van der Waals surface area (Å²) in [4.78, 5) is 16.9. The van der Waals surface area contributed by atoms with E-state index in [9.17, 15) is 4.79 Å². The van der Waals surface area contributed by atoms with E-state index in [1.807, 2.05) is 31.2 Å². The Labute approximate surface area is 116 Å². The smallest absolute Gasteiger partial charge is 0.164 e. The van der Waals surface area contributed by atoms with Gasteiger partial charge in [-0.15, -0.1) is 0 Å². The minimum Gasteiger partial charge on any atom is -0.301 e. The summed E-state index contributed by atoms with van der Waals surface area (Å²) in [6, 6.07) is 8.47. The second-order valence-electron chi connectivity index (χ2n) is 5.67. The normalized spacial score (nSPS) is 21.5. The van der Waals surface area contributed by atoms with Crippen LogP contribution < -0.4 is 0 Å². The number of Topliss-reactive ketones (excluding diaryl/α,β-unsaturated/α-hetero) is 1. The standard InChI is InChI=1S/C16H24N2O/c1-13-4-6-15(7-5-13)16(19)8-9-18-11-10-17(3)14(2)12-18/h4-7,14H,8-12H2,1-3H3. The Hall–Kier alpha value is -1.19. The molecule has 1 heterocycles. The van der Waals surface area contributed by atoms with Crippen LogP contribution in [0.1, 0.15) is 29.3 Å². The Morgan fingerprint density at radius 1 is 1.26 bits per heavy atom. The second-order valence-corrected chi connectivity index (χ2v) is 5.67. The molecule has 1 aromatic carbocycles. The highest BCUT2D eigenvalue weighted by Gasteiger charge is 2.20. The number of nitrogens with zero attached hydrogens (tertiary/aromatic N) is 2. The van der Waals surface area contributed by atoms with Gasteiger partial charge in [-0.2, -0.15) is 0 Å². The van der Waals surface area contributed by atoms with Gasteiger partial charge in [0, 0.05) is 44.2 Å². The van der Waals surface area contributed by atoms with Gasteiger partial charge in [-0.1, -0.05) is 29.8 Å². The lowest BCUT2D eigenvalue weighted by Gasteiger charge is -2.37. The fourth-order valence-corrected chi connectivity index (χ4v) is 2.47. The Bertz CT molecular complexity index is 427. The molecular weight excluding hydrogens is 236 g/mol. The fourth-order valence-electron chi connectivity index (χ4n) is 2.47. The highest BCUT2D eigenvalue weighted by molar-refractivity contribution is 5.96. The lowest BCUT2D eigenvalue weighted by atomic mass is 10.1. The number of aryl methyl sites for hydroxylation is 1. The molecule has 1 fully saturated rings. The molecule has 0 saturated carbocycles. The summed E-state index contributed by atoms with van der Waals surface area (Å²) in [6.45, 7) is 8.40. The summed E-state index contributed by atoms with van der Waals surface area (Å²) < 4.78 is 0. The molecule has 0 aliphatic carbocycles. The zero-order valence-electron chi connectivity index (χ0n) is 12.2. The molecule has 1 atom stereocenters. The molecule has 1 aromatic rings. The lowest BCUT2D eigenvalue weighted by Crippen LogP contribution is -2.50. The maximum atomic E-state index is 12.1. The average Bonchev–Trinajstić information content (AvgIpc) is 2.40. The van der Waals surface area contributed by atoms with E-state index in [-0.39, 0.29) is 5.78 Å². The molecule has 104 valence electrons. The average molecular weight is 260 g/mol. The SMILES string of the molecule is Cc1ccc(C(=O)CCN2CCN(C)C(C)C2)cc1. The minimum atomic E-state index is 0.256. The van der Waals surface area contributed by atoms with Crippen molar-refractivity contribution >= 4 is 5.78 Å². The van der Waals surface area contributed by atoms with Gasteiger partial charge in [0.1, 0.15) is 0 Å². The van der Waals surface area contributed by atoms with E-state index in [1.54, 1.807) is 0 Å². The summed E-state index contributed by atoms with van der Waals surface area (Å²) in [5.74, 6) is 0.256. The predicted octanol–water partition coefficient (Wildman–Crippen LogP) is 2.20. The molecule has 1 saturated heterocycles. The van der Waals surface area contributed by atoms with Crippen molar-refractivity contribution in [2.75, 3.05) is 33.2 Å². The first-order valence-electron chi connectivity index (χ1n) is 7.08. The van der Waals surface area contributed by atoms with Crippen LogP contribution in [0, 0.1) is 6.92 Å². The van der Waals surface area contributed by atoms with Gasteiger partial charge in [-0.25, -0.2) is 0 Å². The van der Waals surface area contributed by atoms with Gasteiger partial charge in [0.2, 0.25) is 0 Å². The molecule has 0 spiro atoms. The number of likely N-dealkylation sites (N-methyl/N-ethyl adjacent to an activating group) is 1. The highest BCUT2D eigenvalue weighted by Crippen LogP contribution is 2.10. The van der Waals surface area contributed by atoms with Crippen LogP contribution in [0.3, 0.4) is 0 Å². The van der Waals surface area contributed by atoms with Gasteiger partial charge in [-0.3, -0.25) is 4.79 Å². The van der Waals surface area contributed by atoms with E-state index in [1.165, 1.54) is 5.56 Å². The molecule has 3 nitrogen and oxygen atoms in total. The Balaban J connectivity index is 1.82. The first-order chi connectivity index (χ1) is 9.06. The zero-order chi connectivity index (χ0) is 13.8. The molecule has 0 amide bonds. The Kier molecular flexibility index (Phi) is 4.72. The molecule has 2 rings (SSSR count). The summed E-state index contributed by atoms with van der Waals surface area (Å²) in [5.41, 5.74) is 2.04. The number of benzene rings is 1. The number of ketones is 1. The maximum Gasteiger partial charge on any atom is 0.164 e. The van der Waals surface area contributed by atoms with Crippen molar-refractivity contribution in [1.29, 1.82) is 0 Å². The van der Waals surface area contributed by atoms with Gasteiger partial charge in [0.05, 0.1) is 0 Å². The molecule has 1 aliphatic heterocycles. The van der Waals surface area contributed by atoms with Gasteiger partial charge < -0.3 is 9.80 Å². The van der Waals surface area contributed by atoms with Gasteiger partial charge in [0.15, 0.2) is 5.78 Å². The van der Waals surface area contributed by atoms with Crippen LogP contribution in [-0.4, -0.2) is 54.9 Å². The van der Waals surface area contributed by atoms with Crippen molar-refractivity contribution in [3.8, 4) is 0 Å². The molecule has 0 aromatic heterocycles. The third kappa shape index (κ3) is 3.88. The summed E-state index contributed by atoms with van der Waals surface area (Å²) in [7, 11) is 2.17. The Morgan fingerprint density at radius 2 is 1.95 bits per heavy atom. The van der Waals surface area contributed by atoms with Crippen molar-refractivity contribution in [3.05, 3.63) is 35.4 Å². The van der Waals surface area contributed by atoms with E-state index in [2.05, 4.69) is 23.8 Å². The third-order valence-electron chi connectivity index (χ3n) is 4.07. The molecule has 1 unspecified atom stereocenters. The van der Waals surface area contributed by atoms with Gasteiger partial charge in [-0.05, 0) is 20.9 Å². The molecule has 1 aliphatic rings. The van der Waals surface area contributed by atoms with E-state index < -0.39 is 0 Å². The first kappa shape index (κ1) is 14.2. The van der Waals surface area contributed by atoms with Crippen molar-refractivity contribution in [2.45, 2.75) is 26.3 Å². The summed E-state index contributed by atoms with van der Waals surface area (Å²) >= 11 is 0. The molecule has 19 heavy (non-hydrogen) atoms. The van der Waals surface area contributed by atoms with E-state index in [4.69, 9.17) is 0 Å². The minimum absolute atomic E-state index is 0.256.